The fourth-order valence-corrected chi connectivity index (χ4v) is 1.31. The molecule has 0 unspecified atom stereocenters. The third-order valence-electron chi connectivity index (χ3n) is 1.98. The van der Waals surface area contributed by atoms with E-state index in [0.717, 1.165) is 5.39 Å². The van der Waals surface area contributed by atoms with Crippen molar-refractivity contribution in [2.75, 3.05) is 0 Å². The van der Waals surface area contributed by atoms with E-state index < -0.39 is 0 Å². The van der Waals surface area contributed by atoms with Gasteiger partial charge in [0.1, 0.15) is 11.9 Å². The summed E-state index contributed by atoms with van der Waals surface area (Å²) in [6.45, 7) is 0. The van der Waals surface area contributed by atoms with Crippen LogP contribution in [0, 0.1) is 16.5 Å². The fourth-order valence-electron chi connectivity index (χ4n) is 1.31. The summed E-state index contributed by atoms with van der Waals surface area (Å²) in [5, 5.41) is 20.9. The first-order chi connectivity index (χ1) is 6.83. The highest BCUT2D eigenvalue weighted by Gasteiger charge is 2.09. The van der Waals surface area contributed by atoms with E-state index in [9.17, 15) is 5.21 Å². The molecule has 0 saturated carbocycles. The summed E-state index contributed by atoms with van der Waals surface area (Å²) >= 11 is 0. The van der Waals surface area contributed by atoms with Crippen LogP contribution in [-0.4, -0.2) is 4.98 Å². The van der Waals surface area contributed by atoms with Crippen LogP contribution in [0.25, 0.3) is 10.9 Å². The minimum Gasteiger partial charge on any atom is -0.710 e. The van der Waals surface area contributed by atoms with Crippen LogP contribution >= 0.6 is 0 Å². The number of aromatic nitrogens is 2. The minimum atomic E-state index is 0.0360. The molecule has 0 aliphatic heterocycles. The van der Waals surface area contributed by atoms with Gasteiger partial charge in [0.2, 0.25) is 0 Å². The van der Waals surface area contributed by atoms with Gasteiger partial charge in [0, 0.05) is 0 Å². The molecule has 0 radical (unpaired) electrons. The number of fused-ring (bicyclic) bond motifs is 1. The zero-order chi connectivity index (χ0) is 9.97. The van der Waals surface area contributed by atoms with Gasteiger partial charge in [0.05, 0.1) is 11.5 Å². The number of nitrogens with zero attached hydrogens (tertiary/aromatic N) is 3. The molecule has 0 fully saturated rings. The first kappa shape index (κ1) is 8.45. The van der Waals surface area contributed by atoms with Crippen molar-refractivity contribution in [3.8, 4) is 6.07 Å². The molecular formula is C10H7N3O. The van der Waals surface area contributed by atoms with E-state index >= 15 is 0 Å². The highest BCUT2D eigenvalue weighted by atomic mass is 16.5. The zero-order valence-corrected chi connectivity index (χ0v) is 7.34. The summed E-state index contributed by atoms with van der Waals surface area (Å²) < 4.78 is 0.707. The Bertz CT molecular complexity index is 516. The van der Waals surface area contributed by atoms with Gasteiger partial charge in [-0.25, -0.2) is 4.73 Å². The Balaban J connectivity index is 2.70. The van der Waals surface area contributed by atoms with Crippen molar-refractivity contribution in [1.29, 1.82) is 5.26 Å². The molecule has 4 nitrogen and oxygen atoms in total. The van der Waals surface area contributed by atoms with Crippen molar-refractivity contribution in [1.82, 2.24) is 4.98 Å². The van der Waals surface area contributed by atoms with Gasteiger partial charge < -0.3 is 5.21 Å². The normalized spacial score (nSPS) is 9.93. The van der Waals surface area contributed by atoms with Crippen molar-refractivity contribution >= 4 is 10.9 Å². The van der Waals surface area contributed by atoms with Crippen LogP contribution in [0.5, 0.6) is 0 Å². The molecule has 4 heteroatoms. The second-order valence-electron chi connectivity index (χ2n) is 2.86. The number of rotatable bonds is 1. The average Bonchev–Trinajstić information content (AvgIpc) is 2.23. The van der Waals surface area contributed by atoms with E-state index in [2.05, 4.69) is 4.98 Å². The Morgan fingerprint density at radius 2 is 2.21 bits per heavy atom. The molecule has 0 amide bonds. The van der Waals surface area contributed by atoms with Gasteiger partial charge >= 0.3 is 5.82 Å². The van der Waals surface area contributed by atoms with Crippen LogP contribution in [-0.2, 0) is 6.42 Å². The number of nitriles is 1. The SMILES string of the molecule is N#CCc1ncc2ccccc2[n+]1[O-]. The van der Waals surface area contributed by atoms with Gasteiger partial charge in [0.15, 0.2) is 6.20 Å². The molecule has 2 rings (SSSR count). The lowest BCUT2D eigenvalue weighted by Crippen LogP contribution is -2.33. The fraction of sp³-hybridized carbons (Fsp3) is 0.100. The predicted octanol–water partition coefficient (Wildman–Crippen LogP) is 0.934. The van der Waals surface area contributed by atoms with Gasteiger partial charge in [-0.05, 0) is 12.1 Å². The Morgan fingerprint density at radius 1 is 1.43 bits per heavy atom. The van der Waals surface area contributed by atoms with E-state index in [0.29, 0.717) is 10.2 Å². The summed E-state index contributed by atoms with van der Waals surface area (Å²) in [5.74, 6) is 0.242. The van der Waals surface area contributed by atoms with Crippen molar-refractivity contribution in [3.05, 3.63) is 41.5 Å². The topological polar surface area (TPSA) is 63.6 Å². The van der Waals surface area contributed by atoms with Gasteiger partial charge in [-0.3, -0.25) is 0 Å². The molecule has 14 heavy (non-hydrogen) atoms. The first-order valence-corrected chi connectivity index (χ1v) is 4.16. The largest absolute Gasteiger partial charge is 0.710 e. The third-order valence-corrected chi connectivity index (χ3v) is 1.98. The van der Waals surface area contributed by atoms with Gasteiger partial charge in [-0.1, -0.05) is 17.1 Å². The van der Waals surface area contributed by atoms with E-state index in [1.807, 2.05) is 18.2 Å². The number of benzene rings is 1. The monoisotopic (exact) mass is 185 g/mol. The Morgan fingerprint density at radius 3 is 3.00 bits per heavy atom. The van der Waals surface area contributed by atoms with Gasteiger partial charge in [-0.2, -0.15) is 5.26 Å². The predicted molar refractivity (Wildman–Crippen MR) is 50.0 cm³/mol. The molecule has 68 valence electrons. The molecule has 1 aromatic carbocycles. The van der Waals surface area contributed by atoms with Gasteiger partial charge in [-0.15, -0.1) is 0 Å². The molecule has 0 aliphatic carbocycles. The molecule has 1 aromatic heterocycles. The molecule has 1 heterocycles. The molecule has 0 N–H and O–H groups in total. The lowest BCUT2D eigenvalue weighted by atomic mass is 10.2. The van der Waals surface area contributed by atoms with Crippen LogP contribution < -0.4 is 4.73 Å². The number of hydrogen-bond acceptors (Lipinski definition) is 3. The summed E-state index contributed by atoms with van der Waals surface area (Å²) in [4.78, 5) is 3.92. The van der Waals surface area contributed by atoms with Crippen LogP contribution in [0.15, 0.2) is 30.5 Å². The maximum Gasteiger partial charge on any atom is 0.315 e. The van der Waals surface area contributed by atoms with E-state index in [4.69, 9.17) is 5.26 Å². The number of hydrogen-bond donors (Lipinski definition) is 0. The van der Waals surface area contributed by atoms with Crippen molar-refractivity contribution in [2.45, 2.75) is 6.42 Å². The molecule has 0 saturated heterocycles. The Kier molecular flexibility index (Phi) is 1.99. The van der Waals surface area contributed by atoms with Crippen LogP contribution in [0.1, 0.15) is 5.82 Å². The lowest BCUT2D eigenvalue weighted by Gasteiger charge is -2.06. The van der Waals surface area contributed by atoms with Crippen LogP contribution in [0.3, 0.4) is 0 Å². The Labute approximate surface area is 80.6 Å². The Hall–Kier alpha value is -2.15. The lowest BCUT2D eigenvalue weighted by molar-refractivity contribution is -0.589. The van der Waals surface area contributed by atoms with Gasteiger partial charge in [0.25, 0.3) is 0 Å². The standard InChI is InChI=1S/C10H7N3O/c11-6-5-10-12-7-8-3-1-2-4-9(8)13(10)14/h1-4,7H,5H2. The summed E-state index contributed by atoms with van der Waals surface area (Å²) in [5.41, 5.74) is 0.549. The third kappa shape index (κ3) is 1.25. The molecule has 0 spiro atoms. The molecular weight excluding hydrogens is 178 g/mol. The summed E-state index contributed by atoms with van der Waals surface area (Å²) in [7, 11) is 0. The van der Waals surface area contributed by atoms with Crippen molar-refractivity contribution < 1.29 is 4.73 Å². The second kappa shape index (κ2) is 3.30. The second-order valence-corrected chi connectivity index (χ2v) is 2.86. The molecule has 2 aromatic rings. The maximum absolute atomic E-state index is 11.6. The van der Waals surface area contributed by atoms with E-state index in [-0.39, 0.29) is 12.2 Å². The van der Waals surface area contributed by atoms with Crippen LogP contribution in [0.2, 0.25) is 0 Å². The van der Waals surface area contributed by atoms with Crippen molar-refractivity contribution in [2.24, 2.45) is 0 Å². The highest BCUT2D eigenvalue weighted by molar-refractivity contribution is 5.74. The smallest absolute Gasteiger partial charge is 0.315 e. The van der Waals surface area contributed by atoms with E-state index in [1.165, 1.54) is 0 Å². The number of para-hydroxylation sites is 1. The first-order valence-electron chi connectivity index (χ1n) is 4.16. The molecule has 0 aliphatic rings. The van der Waals surface area contributed by atoms with E-state index in [1.54, 1.807) is 18.3 Å². The average molecular weight is 185 g/mol. The molecule has 0 atom stereocenters. The molecule has 0 bridgehead atoms. The zero-order valence-electron chi connectivity index (χ0n) is 7.34. The highest BCUT2D eigenvalue weighted by Crippen LogP contribution is 2.07. The van der Waals surface area contributed by atoms with Crippen LogP contribution in [0.4, 0.5) is 0 Å². The minimum absolute atomic E-state index is 0.0360. The quantitative estimate of drug-likeness (QED) is 0.490. The van der Waals surface area contributed by atoms with Crippen molar-refractivity contribution in [3.63, 3.8) is 0 Å². The summed E-state index contributed by atoms with van der Waals surface area (Å²) in [6, 6.07) is 9.06. The summed E-state index contributed by atoms with van der Waals surface area (Å²) in [6.07, 6.45) is 1.64. The maximum atomic E-state index is 11.6.